The third kappa shape index (κ3) is 8.71. The summed E-state index contributed by atoms with van der Waals surface area (Å²) in [6, 6.07) is 22.3. The molecule has 10 heteroatoms. The maximum absolute atomic E-state index is 14.0. The van der Waals surface area contributed by atoms with Crippen LogP contribution >= 0.6 is 34.2 Å². The van der Waals surface area contributed by atoms with E-state index < -0.39 is 28.5 Å². The highest BCUT2D eigenvalue weighted by Crippen LogP contribution is 2.22. The van der Waals surface area contributed by atoms with Crippen molar-refractivity contribution in [1.29, 1.82) is 0 Å². The monoisotopic (exact) mass is 667 g/mol. The third-order valence-electron chi connectivity index (χ3n) is 5.74. The van der Waals surface area contributed by atoms with Crippen molar-refractivity contribution in [3.8, 4) is 0 Å². The van der Waals surface area contributed by atoms with Crippen molar-refractivity contribution in [1.82, 2.24) is 10.2 Å². The van der Waals surface area contributed by atoms with Crippen LogP contribution in [0.3, 0.4) is 0 Å². The lowest BCUT2D eigenvalue weighted by Crippen LogP contribution is -2.54. The number of rotatable bonds is 11. The van der Waals surface area contributed by atoms with Crippen LogP contribution in [0, 0.1) is 3.57 Å². The highest BCUT2D eigenvalue weighted by molar-refractivity contribution is 14.1. The Morgan fingerprint density at radius 1 is 0.947 bits per heavy atom. The van der Waals surface area contributed by atoms with Gasteiger partial charge in [-0.25, -0.2) is 8.42 Å². The molecule has 0 saturated heterocycles. The summed E-state index contributed by atoms with van der Waals surface area (Å²) in [6.07, 6.45) is 1.32. The number of carbonyl (C=O) groups is 2. The van der Waals surface area contributed by atoms with Crippen LogP contribution in [0.5, 0.6) is 0 Å². The minimum atomic E-state index is -3.80. The quantitative estimate of drug-likeness (QED) is 0.296. The molecular weight excluding hydrogens is 637 g/mol. The SMILES string of the molecule is CC(C)NC(=O)[C@H](Cc1ccccc1)N(Cc1cccc(Cl)c1)C(=O)CN(c1ccc(I)cc1)S(C)(=O)=O. The maximum Gasteiger partial charge on any atom is 0.244 e. The molecule has 0 bridgehead atoms. The molecule has 0 saturated carbocycles. The summed E-state index contributed by atoms with van der Waals surface area (Å²) in [5.74, 6) is -0.826. The number of halogens is 2. The van der Waals surface area contributed by atoms with E-state index >= 15 is 0 Å². The molecule has 3 aromatic carbocycles. The largest absolute Gasteiger partial charge is 0.352 e. The van der Waals surface area contributed by atoms with Crippen LogP contribution in [-0.2, 0) is 32.6 Å². The van der Waals surface area contributed by atoms with E-state index in [4.69, 9.17) is 11.6 Å². The summed E-state index contributed by atoms with van der Waals surface area (Å²) in [7, 11) is -3.80. The number of hydrogen-bond acceptors (Lipinski definition) is 4. The molecule has 3 aromatic rings. The molecule has 0 heterocycles. The fraction of sp³-hybridized carbons (Fsp3) is 0.286. The number of carbonyl (C=O) groups excluding carboxylic acids is 2. The van der Waals surface area contributed by atoms with Crippen molar-refractivity contribution in [2.24, 2.45) is 0 Å². The molecule has 0 fully saturated rings. The van der Waals surface area contributed by atoms with Gasteiger partial charge in [-0.1, -0.05) is 54.1 Å². The van der Waals surface area contributed by atoms with Gasteiger partial charge in [0.25, 0.3) is 0 Å². The van der Waals surface area contributed by atoms with Crippen LogP contribution in [0.25, 0.3) is 0 Å². The minimum Gasteiger partial charge on any atom is -0.352 e. The highest BCUT2D eigenvalue weighted by atomic mass is 127. The fourth-order valence-electron chi connectivity index (χ4n) is 3.99. The van der Waals surface area contributed by atoms with E-state index in [0.717, 1.165) is 25.3 Å². The second kappa shape index (κ2) is 13.4. The number of hydrogen-bond donors (Lipinski definition) is 1. The first-order valence-electron chi connectivity index (χ1n) is 12.1. The molecule has 38 heavy (non-hydrogen) atoms. The molecular formula is C28H31ClIN3O4S. The lowest BCUT2D eigenvalue weighted by molar-refractivity contribution is -0.140. The summed E-state index contributed by atoms with van der Waals surface area (Å²) in [6.45, 7) is 3.32. The van der Waals surface area contributed by atoms with Gasteiger partial charge in [-0.3, -0.25) is 13.9 Å². The van der Waals surface area contributed by atoms with Crippen molar-refractivity contribution >= 4 is 61.7 Å². The van der Waals surface area contributed by atoms with E-state index in [1.165, 1.54) is 4.90 Å². The fourth-order valence-corrected chi connectivity index (χ4v) is 5.41. The normalized spacial score (nSPS) is 12.2. The summed E-state index contributed by atoms with van der Waals surface area (Å²) in [4.78, 5) is 28.9. The minimum absolute atomic E-state index is 0.0761. The second-order valence-electron chi connectivity index (χ2n) is 9.27. The number of benzene rings is 3. The van der Waals surface area contributed by atoms with E-state index in [0.29, 0.717) is 10.7 Å². The predicted molar refractivity (Wildman–Crippen MR) is 161 cm³/mol. The van der Waals surface area contributed by atoms with E-state index in [9.17, 15) is 18.0 Å². The van der Waals surface area contributed by atoms with Crippen molar-refractivity contribution < 1.29 is 18.0 Å². The number of anilines is 1. The van der Waals surface area contributed by atoms with Crippen molar-refractivity contribution in [3.63, 3.8) is 0 Å². The van der Waals surface area contributed by atoms with Gasteiger partial charge in [-0.05, 0) is 84.0 Å². The van der Waals surface area contributed by atoms with Gasteiger partial charge < -0.3 is 10.2 Å². The van der Waals surface area contributed by atoms with Gasteiger partial charge in [-0.15, -0.1) is 0 Å². The van der Waals surface area contributed by atoms with Crippen LogP contribution in [0.15, 0.2) is 78.9 Å². The first-order chi connectivity index (χ1) is 17.9. The number of nitrogens with one attached hydrogen (secondary N) is 1. The molecule has 0 aliphatic heterocycles. The third-order valence-corrected chi connectivity index (χ3v) is 7.83. The van der Waals surface area contributed by atoms with E-state index in [-0.39, 0.29) is 24.9 Å². The first kappa shape index (κ1) is 29.9. The van der Waals surface area contributed by atoms with Crippen LogP contribution in [-0.4, -0.2) is 50.0 Å². The van der Waals surface area contributed by atoms with Gasteiger partial charge in [0, 0.05) is 27.6 Å². The molecule has 0 aliphatic rings. The number of amides is 2. The standard InChI is InChI=1S/C28H31ClIN3O4S/c1-20(2)31-28(35)26(17-21-8-5-4-6-9-21)32(18-22-10-7-11-23(29)16-22)27(34)19-33(38(3,36)37)25-14-12-24(30)13-15-25/h4-16,20,26H,17-19H2,1-3H3,(H,31,35)/t26-/m0/s1. The van der Waals surface area contributed by atoms with E-state index in [1.54, 1.807) is 42.5 Å². The summed E-state index contributed by atoms with van der Waals surface area (Å²) >= 11 is 8.34. The Balaban J connectivity index is 2.05. The van der Waals surface area contributed by atoms with Gasteiger partial charge in [0.05, 0.1) is 11.9 Å². The Hall–Kier alpha value is -2.63. The Labute approximate surface area is 243 Å². The molecule has 3 rings (SSSR count). The lowest BCUT2D eigenvalue weighted by atomic mass is 10.0. The van der Waals surface area contributed by atoms with Gasteiger partial charge in [0.2, 0.25) is 21.8 Å². The Morgan fingerprint density at radius 3 is 2.16 bits per heavy atom. The van der Waals surface area contributed by atoms with Crippen LogP contribution in [0.1, 0.15) is 25.0 Å². The van der Waals surface area contributed by atoms with E-state index in [1.807, 2.05) is 50.2 Å². The summed E-state index contributed by atoms with van der Waals surface area (Å²) < 4.78 is 27.5. The average Bonchev–Trinajstić information content (AvgIpc) is 2.85. The summed E-state index contributed by atoms with van der Waals surface area (Å²) in [5.41, 5.74) is 1.97. The molecule has 202 valence electrons. The van der Waals surface area contributed by atoms with Gasteiger partial charge in [0.15, 0.2) is 0 Å². The zero-order chi connectivity index (χ0) is 27.9. The molecule has 2 amide bonds. The Bertz CT molecular complexity index is 1350. The molecule has 1 atom stereocenters. The zero-order valence-corrected chi connectivity index (χ0v) is 25.2. The van der Waals surface area contributed by atoms with Crippen molar-refractivity contribution in [3.05, 3.63) is 98.6 Å². The smallest absolute Gasteiger partial charge is 0.244 e. The van der Waals surface area contributed by atoms with Crippen LogP contribution in [0.2, 0.25) is 5.02 Å². The first-order valence-corrected chi connectivity index (χ1v) is 15.4. The molecule has 1 N–H and O–H groups in total. The van der Waals surface area contributed by atoms with Crippen molar-refractivity contribution in [2.45, 2.75) is 38.9 Å². The van der Waals surface area contributed by atoms with Crippen molar-refractivity contribution in [2.75, 3.05) is 17.1 Å². The van der Waals surface area contributed by atoms with Gasteiger partial charge in [-0.2, -0.15) is 0 Å². The topological polar surface area (TPSA) is 86.8 Å². The Morgan fingerprint density at radius 2 is 1.58 bits per heavy atom. The maximum atomic E-state index is 14.0. The molecule has 0 spiro atoms. The van der Waals surface area contributed by atoms with Gasteiger partial charge in [0.1, 0.15) is 12.6 Å². The second-order valence-corrected chi connectivity index (χ2v) is 12.9. The molecule has 7 nitrogen and oxygen atoms in total. The van der Waals surface area contributed by atoms with E-state index in [2.05, 4.69) is 27.9 Å². The molecule has 0 unspecified atom stereocenters. The number of sulfonamides is 1. The zero-order valence-electron chi connectivity index (χ0n) is 21.5. The average molecular weight is 668 g/mol. The van der Waals surface area contributed by atoms with Gasteiger partial charge >= 0.3 is 0 Å². The molecule has 0 aliphatic carbocycles. The number of nitrogens with zero attached hydrogens (tertiary/aromatic N) is 2. The lowest BCUT2D eigenvalue weighted by Gasteiger charge is -2.34. The van der Waals surface area contributed by atoms with Crippen LogP contribution in [0.4, 0.5) is 5.69 Å². The molecule has 0 aromatic heterocycles. The predicted octanol–water partition coefficient (Wildman–Crippen LogP) is 4.88. The Kier molecular flexibility index (Phi) is 10.6. The highest BCUT2D eigenvalue weighted by Gasteiger charge is 2.33. The molecule has 0 radical (unpaired) electrons. The summed E-state index contributed by atoms with van der Waals surface area (Å²) in [5, 5.41) is 3.42. The van der Waals surface area contributed by atoms with Crippen LogP contribution < -0.4 is 9.62 Å².